The van der Waals surface area contributed by atoms with Crippen LogP contribution in [0, 0.1) is 0 Å². The molecule has 0 spiro atoms. The van der Waals surface area contributed by atoms with Crippen molar-refractivity contribution in [2.24, 2.45) is 5.73 Å². The van der Waals surface area contributed by atoms with Gasteiger partial charge in [0.1, 0.15) is 24.4 Å². The highest BCUT2D eigenvalue weighted by Crippen LogP contribution is 2.27. The van der Waals surface area contributed by atoms with Gasteiger partial charge in [-0.15, -0.1) is 5.10 Å². The third-order valence-corrected chi connectivity index (χ3v) is 2.89. The molecule has 1 aliphatic rings. The third-order valence-electron chi connectivity index (χ3n) is 2.89. The van der Waals surface area contributed by atoms with Crippen LogP contribution in [-0.2, 0) is 11.3 Å². The van der Waals surface area contributed by atoms with Crippen LogP contribution in [0.2, 0.25) is 0 Å². The molecule has 2 heterocycles. The standard InChI is InChI=1S/C9H16N4O5/c10-1-4-2-13(12-11-4)9-8(17)7(16)6(15)5(3-14)18-9/h2,5-9,14-17H,1,3,10H2/t5-,6-,7+,8-,9-/m1/s1. The lowest BCUT2D eigenvalue weighted by Gasteiger charge is -2.39. The van der Waals surface area contributed by atoms with Gasteiger partial charge in [-0.2, -0.15) is 0 Å². The van der Waals surface area contributed by atoms with Crippen LogP contribution in [0.1, 0.15) is 11.9 Å². The van der Waals surface area contributed by atoms with Crippen LogP contribution in [0.25, 0.3) is 0 Å². The molecule has 0 radical (unpaired) electrons. The summed E-state index contributed by atoms with van der Waals surface area (Å²) in [4.78, 5) is 0. The number of aromatic nitrogens is 3. The maximum atomic E-state index is 9.82. The Morgan fingerprint density at radius 2 is 2.00 bits per heavy atom. The lowest BCUT2D eigenvalue weighted by atomic mass is 9.98. The molecular weight excluding hydrogens is 244 g/mol. The topological polar surface area (TPSA) is 147 Å². The summed E-state index contributed by atoms with van der Waals surface area (Å²) in [5.74, 6) is 0. The van der Waals surface area contributed by atoms with E-state index in [1.54, 1.807) is 0 Å². The van der Waals surface area contributed by atoms with Gasteiger partial charge in [-0.1, -0.05) is 5.21 Å². The molecule has 102 valence electrons. The Morgan fingerprint density at radius 1 is 1.28 bits per heavy atom. The number of rotatable bonds is 3. The van der Waals surface area contributed by atoms with E-state index in [2.05, 4.69) is 10.3 Å². The zero-order valence-electron chi connectivity index (χ0n) is 9.49. The van der Waals surface area contributed by atoms with Gasteiger partial charge in [-0.05, 0) is 0 Å². The smallest absolute Gasteiger partial charge is 0.180 e. The second-order valence-electron chi connectivity index (χ2n) is 4.11. The minimum atomic E-state index is -1.44. The molecule has 1 aliphatic heterocycles. The number of aliphatic hydroxyl groups is 4. The van der Waals surface area contributed by atoms with E-state index in [0.717, 1.165) is 0 Å². The van der Waals surface area contributed by atoms with Gasteiger partial charge in [0.05, 0.1) is 18.5 Å². The molecule has 0 aromatic carbocycles. The average Bonchev–Trinajstić information content (AvgIpc) is 2.85. The van der Waals surface area contributed by atoms with Crippen molar-refractivity contribution < 1.29 is 25.2 Å². The highest BCUT2D eigenvalue weighted by molar-refractivity contribution is 4.95. The first-order chi connectivity index (χ1) is 8.58. The van der Waals surface area contributed by atoms with E-state index in [1.807, 2.05) is 0 Å². The zero-order valence-corrected chi connectivity index (χ0v) is 9.49. The number of ether oxygens (including phenoxy) is 1. The fourth-order valence-electron chi connectivity index (χ4n) is 1.83. The molecule has 0 unspecified atom stereocenters. The molecule has 1 fully saturated rings. The summed E-state index contributed by atoms with van der Waals surface area (Å²) >= 11 is 0. The summed E-state index contributed by atoms with van der Waals surface area (Å²) in [5, 5.41) is 45.5. The summed E-state index contributed by atoms with van der Waals surface area (Å²) in [6.07, 6.45) is -4.75. The SMILES string of the molecule is NCc1cn([C@@H]2O[C@H](CO)[C@@H](O)[C@H](O)[C@H]2O)nn1. The minimum absolute atomic E-state index is 0.178. The highest BCUT2D eigenvalue weighted by atomic mass is 16.6. The van der Waals surface area contributed by atoms with Crippen molar-refractivity contribution in [3.8, 4) is 0 Å². The minimum Gasteiger partial charge on any atom is -0.394 e. The van der Waals surface area contributed by atoms with Crippen molar-refractivity contribution in [3.63, 3.8) is 0 Å². The van der Waals surface area contributed by atoms with Gasteiger partial charge < -0.3 is 30.9 Å². The molecule has 18 heavy (non-hydrogen) atoms. The first-order valence-electron chi connectivity index (χ1n) is 5.49. The Morgan fingerprint density at radius 3 is 2.56 bits per heavy atom. The number of nitrogens with zero attached hydrogens (tertiary/aromatic N) is 3. The fourth-order valence-corrected chi connectivity index (χ4v) is 1.83. The Labute approximate surface area is 102 Å². The molecule has 2 rings (SSSR count). The molecule has 9 nitrogen and oxygen atoms in total. The maximum absolute atomic E-state index is 9.82. The van der Waals surface area contributed by atoms with Crippen molar-refractivity contribution in [1.29, 1.82) is 0 Å². The van der Waals surface area contributed by atoms with Crippen molar-refractivity contribution in [1.82, 2.24) is 15.0 Å². The van der Waals surface area contributed by atoms with Gasteiger partial charge in [0.15, 0.2) is 6.23 Å². The summed E-state index contributed by atoms with van der Waals surface area (Å²) in [6.45, 7) is -0.308. The van der Waals surface area contributed by atoms with E-state index in [9.17, 15) is 15.3 Å². The Kier molecular flexibility index (Phi) is 3.90. The van der Waals surface area contributed by atoms with Crippen LogP contribution in [0.3, 0.4) is 0 Å². The molecule has 5 atom stereocenters. The van der Waals surface area contributed by atoms with Gasteiger partial charge in [0.2, 0.25) is 0 Å². The monoisotopic (exact) mass is 260 g/mol. The summed E-state index contributed by atoms with van der Waals surface area (Å²) < 4.78 is 6.48. The first-order valence-corrected chi connectivity index (χ1v) is 5.49. The van der Waals surface area contributed by atoms with Crippen molar-refractivity contribution in [3.05, 3.63) is 11.9 Å². The average molecular weight is 260 g/mol. The van der Waals surface area contributed by atoms with Crippen molar-refractivity contribution >= 4 is 0 Å². The predicted molar refractivity (Wildman–Crippen MR) is 56.9 cm³/mol. The quantitative estimate of drug-likeness (QED) is 0.380. The largest absolute Gasteiger partial charge is 0.394 e. The van der Waals surface area contributed by atoms with E-state index < -0.39 is 37.3 Å². The van der Waals surface area contributed by atoms with E-state index in [4.69, 9.17) is 15.6 Å². The Hall–Kier alpha value is -1.10. The third kappa shape index (κ3) is 2.23. The van der Waals surface area contributed by atoms with Gasteiger partial charge >= 0.3 is 0 Å². The normalized spacial score (nSPS) is 36.8. The lowest BCUT2D eigenvalue weighted by molar-refractivity contribution is -0.254. The molecule has 0 bridgehead atoms. The predicted octanol–water partition coefficient (Wildman–Crippen LogP) is -3.29. The summed E-state index contributed by atoms with van der Waals surface area (Å²) in [6, 6.07) is 0. The van der Waals surface area contributed by atoms with E-state index in [0.29, 0.717) is 5.69 Å². The van der Waals surface area contributed by atoms with Crippen molar-refractivity contribution in [2.45, 2.75) is 37.2 Å². The molecule has 1 aromatic rings. The van der Waals surface area contributed by atoms with E-state index >= 15 is 0 Å². The zero-order chi connectivity index (χ0) is 13.3. The van der Waals surface area contributed by atoms with Crippen LogP contribution in [0.4, 0.5) is 0 Å². The van der Waals surface area contributed by atoms with Gasteiger partial charge in [0.25, 0.3) is 0 Å². The lowest BCUT2D eigenvalue weighted by Crippen LogP contribution is -2.56. The fraction of sp³-hybridized carbons (Fsp3) is 0.778. The van der Waals surface area contributed by atoms with Crippen LogP contribution in [0.5, 0.6) is 0 Å². The van der Waals surface area contributed by atoms with Crippen molar-refractivity contribution in [2.75, 3.05) is 6.61 Å². The summed E-state index contributed by atoms with van der Waals surface area (Å²) in [7, 11) is 0. The second-order valence-corrected chi connectivity index (χ2v) is 4.11. The molecule has 1 saturated heterocycles. The summed E-state index contributed by atoms with van der Waals surface area (Å²) in [5.41, 5.74) is 5.87. The number of nitrogens with two attached hydrogens (primary N) is 1. The molecule has 0 aliphatic carbocycles. The van der Waals surface area contributed by atoms with Crippen LogP contribution in [0.15, 0.2) is 6.20 Å². The van der Waals surface area contributed by atoms with Crippen LogP contribution >= 0.6 is 0 Å². The highest BCUT2D eigenvalue weighted by Gasteiger charge is 2.44. The molecule has 0 amide bonds. The van der Waals surface area contributed by atoms with Crippen LogP contribution in [-0.4, -0.2) is 66.4 Å². The molecular formula is C9H16N4O5. The maximum Gasteiger partial charge on any atom is 0.180 e. The molecule has 9 heteroatoms. The molecule has 1 aromatic heterocycles. The second kappa shape index (κ2) is 5.26. The van der Waals surface area contributed by atoms with E-state index in [1.165, 1.54) is 10.9 Å². The van der Waals surface area contributed by atoms with Gasteiger partial charge in [-0.3, -0.25) is 0 Å². The number of hydrogen-bond acceptors (Lipinski definition) is 8. The molecule has 0 saturated carbocycles. The number of hydrogen-bond donors (Lipinski definition) is 5. The van der Waals surface area contributed by atoms with E-state index in [-0.39, 0.29) is 6.54 Å². The van der Waals surface area contributed by atoms with Gasteiger partial charge in [-0.25, -0.2) is 4.68 Å². The van der Waals surface area contributed by atoms with Crippen LogP contribution < -0.4 is 5.73 Å². The number of aliphatic hydroxyl groups excluding tert-OH is 4. The first kappa shape index (κ1) is 13.3. The van der Waals surface area contributed by atoms with Gasteiger partial charge in [0, 0.05) is 6.54 Å². The Balaban J connectivity index is 2.21. The Bertz CT molecular complexity index is 398. The molecule has 6 N–H and O–H groups in total.